The summed E-state index contributed by atoms with van der Waals surface area (Å²) in [6.45, 7) is -0.516. The van der Waals surface area contributed by atoms with Gasteiger partial charge in [-0.2, -0.15) is 0 Å². The van der Waals surface area contributed by atoms with E-state index in [9.17, 15) is 18.0 Å². The molecular formula is C22H20N2O5S. The number of nitrogens with one attached hydrogen (secondary N) is 1. The van der Waals surface area contributed by atoms with Crippen molar-refractivity contribution in [3.63, 3.8) is 0 Å². The Morgan fingerprint density at radius 1 is 0.900 bits per heavy atom. The zero-order chi connectivity index (χ0) is 21.6. The molecule has 3 rings (SSSR count). The molecule has 0 saturated heterocycles. The second-order valence-corrected chi connectivity index (χ2v) is 8.08. The van der Waals surface area contributed by atoms with Gasteiger partial charge in [0.15, 0.2) is 6.61 Å². The third-order valence-corrected chi connectivity index (χ3v) is 5.17. The standard InChI is InChI=1S/C22H20N2O5S/c23-30(27,28)19-11-6-10-18(14-19)24-21(25)15-29-22(26)20-12-5-4-9-17(20)13-16-7-2-1-3-8-16/h1-12,14H,13,15H2,(H,24,25)(H2,23,27,28). The summed E-state index contributed by atoms with van der Waals surface area (Å²) in [5.74, 6) is -1.22. The van der Waals surface area contributed by atoms with Gasteiger partial charge in [0.05, 0.1) is 10.5 Å². The van der Waals surface area contributed by atoms with Gasteiger partial charge in [-0.05, 0) is 41.8 Å². The molecule has 0 aliphatic heterocycles. The van der Waals surface area contributed by atoms with Crippen LogP contribution in [0.1, 0.15) is 21.5 Å². The number of sulfonamides is 1. The van der Waals surface area contributed by atoms with Gasteiger partial charge in [0.1, 0.15) is 0 Å². The number of carbonyl (C=O) groups is 2. The molecule has 0 aromatic heterocycles. The van der Waals surface area contributed by atoms with Crippen LogP contribution in [0.4, 0.5) is 5.69 Å². The fourth-order valence-corrected chi connectivity index (χ4v) is 3.41. The lowest BCUT2D eigenvalue weighted by Crippen LogP contribution is -2.21. The van der Waals surface area contributed by atoms with Crippen LogP contribution in [0, 0.1) is 0 Å². The van der Waals surface area contributed by atoms with Crippen LogP contribution in [0.3, 0.4) is 0 Å². The van der Waals surface area contributed by atoms with Gasteiger partial charge in [-0.15, -0.1) is 0 Å². The highest BCUT2D eigenvalue weighted by atomic mass is 32.2. The number of amides is 1. The van der Waals surface area contributed by atoms with Crippen LogP contribution in [0.5, 0.6) is 0 Å². The molecule has 1 amide bonds. The minimum Gasteiger partial charge on any atom is -0.452 e. The Kier molecular flexibility index (Phi) is 6.61. The van der Waals surface area contributed by atoms with Crippen LogP contribution >= 0.6 is 0 Å². The molecule has 8 heteroatoms. The lowest BCUT2D eigenvalue weighted by Gasteiger charge is -2.10. The molecule has 7 nitrogen and oxygen atoms in total. The molecule has 3 N–H and O–H groups in total. The third kappa shape index (κ3) is 5.76. The van der Waals surface area contributed by atoms with Crippen molar-refractivity contribution >= 4 is 27.6 Å². The number of nitrogens with two attached hydrogens (primary N) is 1. The molecule has 0 atom stereocenters. The van der Waals surface area contributed by atoms with E-state index >= 15 is 0 Å². The lowest BCUT2D eigenvalue weighted by molar-refractivity contribution is -0.119. The van der Waals surface area contributed by atoms with E-state index in [1.165, 1.54) is 24.3 Å². The highest BCUT2D eigenvalue weighted by Gasteiger charge is 2.15. The number of hydrogen-bond acceptors (Lipinski definition) is 5. The maximum atomic E-state index is 12.5. The van der Waals surface area contributed by atoms with Crippen LogP contribution in [-0.2, 0) is 26.0 Å². The highest BCUT2D eigenvalue weighted by Crippen LogP contribution is 2.16. The average molecular weight is 424 g/mol. The summed E-state index contributed by atoms with van der Waals surface area (Å²) in [5, 5.41) is 7.56. The summed E-state index contributed by atoms with van der Waals surface area (Å²) >= 11 is 0. The van der Waals surface area contributed by atoms with E-state index in [0.717, 1.165) is 11.1 Å². The van der Waals surface area contributed by atoms with Gasteiger partial charge in [-0.1, -0.05) is 54.6 Å². The Hall–Kier alpha value is -3.49. The summed E-state index contributed by atoms with van der Waals surface area (Å²) in [7, 11) is -3.89. The van der Waals surface area contributed by atoms with Crippen LogP contribution in [0.15, 0.2) is 83.8 Å². The van der Waals surface area contributed by atoms with Crippen molar-refractivity contribution in [3.8, 4) is 0 Å². The van der Waals surface area contributed by atoms with Gasteiger partial charge >= 0.3 is 5.97 Å². The summed E-state index contributed by atoms with van der Waals surface area (Å²) in [5.41, 5.74) is 2.44. The number of anilines is 1. The second-order valence-electron chi connectivity index (χ2n) is 6.52. The third-order valence-electron chi connectivity index (χ3n) is 4.26. The molecule has 0 heterocycles. The first-order valence-corrected chi connectivity index (χ1v) is 10.6. The molecule has 30 heavy (non-hydrogen) atoms. The molecular weight excluding hydrogens is 404 g/mol. The van der Waals surface area contributed by atoms with Crippen LogP contribution in [0.2, 0.25) is 0 Å². The van der Waals surface area contributed by atoms with Crippen LogP contribution in [0.25, 0.3) is 0 Å². The number of carbonyl (C=O) groups excluding carboxylic acids is 2. The number of esters is 1. The quantitative estimate of drug-likeness (QED) is 0.566. The first-order valence-electron chi connectivity index (χ1n) is 9.04. The number of rotatable bonds is 7. The highest BCUT2D eigenvalue weighted by molar-refractivity contribution is 7.89. The van der Waals surface area contributed by atoms with E-state index in [0.29, 0.717) is 12.0 Å². The topological polar surface area (TPSA) is 116 Å². The second kappa shape index (κ2) is 9.34. The molecule has 0 spiro atoms. The Labute approximate surface area is 174 Å². The Morgan fingerprint density at radius 2 is 1.60 bits per heavy atom. The average Bonchev–Trinajstić information content (AvgIpc) is 2.73. The van der Waals surface area contributed by atoms with E-state index in [2.05, 4.69) is 5.32 Å². The van der Waals surface area contributed by atoms with Crippen molar-refractivity contribution in [2.24, 2.45) is 5.14 Å². The van der Waals surface area contributed by atoms with Gasteiger partial charge in [0, 0.05) is 5.69 Å². The first kappa shape index (κ1) is 21.2. The molecule has 3 aromatic rings. The molecule has 0 bridgehead atoms. The zero-order valence-electron chi connectivity index (χ0n) is 15.9. The van der Waals surface area contributed by atoms with Gasteiger partial charge < -0.3 is 10.1 Å². The van der Waals surface area contributed by atoms with Crippen molar-refractivity contribution in [1.29, 1.82) is 0 Å². The van der Waals surface area contributed by atoms with Gasteiger partial charge in [0.2, 0.25) is 10.0 Å². The van der Waals surface area contributed by atoms with E-state index in [1.54, 1.807) is 12.1 Å². The lowest BCUT2D eigenvalue weighted by atomic mass is 10.00. The van der Waals surface area contributed by atoms with Crippen molar-refractivity contribution in [2.45, 2.75) is 11.3 Å². The maximum absolute atomic E-state index is 12.5. The summed E-state index contributed by atoms with van der Waals surface area (Å²) < 4.78 is 27.9. The molecule has 3 aromatic carbocycles. The first-order chi connectivity index (χ1) is 14.3. The maximum Gasteiger partial charge on any atom is 0.338 e. The number of ether oxygens (including phenoxy) is 1. The largest absolute Gasteiger partial charge is 0.452 e. The monoisotopic (exact) mass is 424 g/mol. The SMILES string of the molecule is NS(=O)(=O)c1cccc(NC(=O)COC(=O)c2ccccc2Cc2ccccc2)c1. The number of primary sulfonamides is 1. The fourth-order valence-electron chi connectivity index (χ4n) is 2.85. The molecule has 154 valence electrons. The van der Waals surface area contributed by atoms with E-state index in [1.807, 2.05) is 42.5 Å². The smallest absolute Gasteiger partial charge is 0.338 e. The molecule has 0 aliphatic rings. The molecule has 0 saturated carbocycles. The predicted octanol–water partition coefficient (Wildman–Crippen LogP) is 2.72. The van der Waals surface area contributed by atoms with Gasteiger partial charge in [0.25, 0.3) is 5.91 Å². The van der Waals surface area contributed by atoms with Crippen molar-refractivity contribution < 1.29 is 22.7 Å². The molecule has 0 radical (unpaired) electrons. The van der Waals surface area contributed by atoms with E-state index < -0.39 is 28.5 Å². The Balaban J connectivity index is 1.63. The van der Waals surface area contributed by atoms with Crippen molar-refractivity contribution in [3.05, 3.63) is 95.6 Å². The summed E-state index contributed by atoms with van der Waals surface area (Å²) in [6, 6.07) is 22.2. The van der Waals surface area contributed by atoms with E-state index in [-0.39, 0.29) is 10.6 Å². The van der Waals surface area contributed by atoms with Crippen LogP contribution in [-0.4, -0.2) is 26.9 Å². The van der Waals surface area contributed by atoms with Crippen molar-refractivity contribution in [1.82, 2.24) is 0 Å². The molecule has 0 unspecified atom stereocenters. The predicted molar refractivity (Wildman–Crippen MR) is 112 cm³/mol. The number of hydrogen-bond donors (Lipinski definition) is 2. The number of benzene rings is 3. The minimum atomic E-state index is -3.89. The Bertz CT molecular complexity index is 1160. The zero-order valence-corrected chi connectivity index (χ0v) is 16.8. The van der Waals surface area contributed by atoms with Crippen LogP contribution < -0.4 is 10.5 Å². The normalized spacial score (nSPS) is 11.0. The molecule has 0 fully saturated rings. The van der Waals surface area contributed by atoms with Gasteiger partial charge in [-0.25, -0.2) is 18.4 Å². The Morgan fingerprint density at radius 3 is 2.33 bits per heavy atom. The molecule has 0 aliphatic carbocycles. The van der Waals surface area contributed by atoms with Crippen molar-refractivity contribution in [2.75, 3.05) is 11.9 Å². The van der Waals surface area contributed by atoms with Gasteiger partial charge in [-0.3, -0.25) is 4.79 Å². The van der Waals surface area contributed by atoms with E-state index in [4.69, 9.17) is 9.88 Å². The minimum absolute atomic E-state index is 0.132. The summed E-state index contributed by atoms with van der Waals surface area (Å²) in [4.78, 5) is 24.5. The summed E-state index contributed by atoms with van der Waals surface area (Å²) in [6.07, 6.45) is 0.554. The fraction of sp³-hybridized carbons (Fsp3) is 0.0909.